The van der Waals surface area contributed by atoms with Gasteiger partial charge in [0.1, 0.15) is 11.5 Å². The number of fused-ring (bicyclic) bond motifs is 3. The molecule has 0 bridgehead atoms. The molecule has 2 aliphatic rings. The number of hydrogen-bond acceptors (Lipinski definition) is 8. The molecule has 186 valence electrons. The molecule has 0 fully saturated rings. The van der Waals surface area contributed by atoms with Gasteiger partial charge in [-0.3, -0.25) is 14.3 Å². The fourth-order valence-electron chi connectivity index (χ4n) is 4.73. The molecule has 0 aliphatic carbocycles. The molecule has 1 atom stereocenters. The molecule has 9 nitrogen and oxygen atoms in total. The van der Waals surface area contributed by atoms with E-state index in [0.29, 0.717) is 45.4 Å². The third kappa shape index (κ3) is 3.77. The Morgan fingerprint density at radius 3 is 2.39 bits per heavy atom. The maximum Gasteiger partial charge on any atom is 0.312 e. The predicted molar refractivity (Wildman–Crippen MR) is 130 cm³/mol. The Morgan fingerprint density at radius 1 is 1.03 bits per heavy atom. The lowest BCUT2D eigenvalue weighted by molar-refractivity contribution is -0.135. The highest BCUT2D eigenvalue weighted by Gasteiger charge is 2.39. The van der Waals surface area contributed by atoms with Crippen molar-refractivity contribution in [2.45, 2.75) is 32.2 Å². The number of carbonyl (C=O) groups is 2. The minimum absolute atomic E-state index is 0.0891. The molecule has 1 aromatic heterocycles. The first-order valence-corrected chi connectivity index (χ1v) is 11.5. The number of nitrogens with zero attached hydrogens (tertiary/aromatic N) is 2. The lowest BCUT2D eigenvalue weighted by Crippen LogP contribution is -2.24. The largest absolute Gasteiger partial charge is 0.493 e. The maximum absolute atomic E-state index is 13.3. The van der Waals surface area contributed by atoms with Crippen molar-refractivity contribution in [1.82, 2.24) is 9.78 Å². The van der Waals surface area contributed by atoms with Crippen LogP contribution in [0.25, 0.3) is 6.08 Å². The quantitative estimate of drug-likeness (QED) is 0.282. The first kappa shape index (κ1) is 23.5. The van der Waals surface area contributed by atoms with Gasteiger partial charge in [0.2, 0.25) is 11.5 Å². The van der Waals surface area contributed by atoms with Gasteiger partial charge in [0.05, 0.1) is 33.3 Å². The number of rotatable bonds is 6. The summed E-state index contributed by atoms with van der Waals surface area (Å²) in [5.74, 6) is 1.30. The van der Waals surface area contributed by atoms with Crippen LogP contribution in [-0.2, 0) is 4.79 Å². The molecule has 0 N–H and O–H groups in total. The predicted octanol–water partition coefficient (Wildman–Crippen LogP) is 4.55. The highest BCUT2D eigenvalue weighted by atomic mass is 16.5. The van der Waals surface area contributed by atoms with Gasteiger partial charge in [-0.1, -0.05) is 0 Å². The molecule has 9 heteroatoms. The summed E-state index contributed by atoms with van der Waals surface area (Å²) >= 11 is 0. The second-order valence-corrected chi connectivity index (χ2v) is 8.78. The van der Waals surface area contributed by atoms with Gasteiger partial charge in [0.15, 0.2) is 17.3 Å². The highest BCUT2D eigenvalue weighted by Crippen LogP contribution is 2.49. The standard InChI is InChI=1S/C27H26N2O7/c1-14(2)29-18(8-9-28-29)17-13-23(30)35-19-7-6-16-25(31)20(36-26(16)24(17)19)10-15-11-21(32-3)27(34-5)22(12-15)33-4/h6-12,14,17H,13H2,1-5H3/b20-10+. The van der Waals surface area contributed by atoms with Gasteiger partial charge >= 0.3 is 5.97 Å². The van der Waals surface area contributed by atoms with Crippen LogP contribution in [0.4, 0.5) is 0 Å². The zero-order chi connectivity index (χ0) is 25.6. The zero-order valence-electron chi connectivity index (χ0n) is 20.7. The van der Waals surface area contributed by atoms with Gasteiger partial charge in [-0.2, -0.15) is 5.10 Å². The minimum Gasteiger partial charge on any atom is -0.493 e. The lowest BCUT2D eigenvalue weighted by Gasteiger charge is -2.27. The van der Waals surface area contributed by atoms with Crippen LogP contribution in [0.2, 0.25) is 0 Å². The summed E-state index contributed by atoms with van der Waals surface area (Å²) < 4.78 is 29.8. The van der Waals surface area contributed by atoms with E-state index in [0.717, 1.165) is 5.69 Å². The van der Waals surface area contributed by atoms with Gasteiger partial charge < -0.3 is 23.7 Å². The zero-order valence-corrected chi connectivity index (χ0v) is 20.7. The third-order valence-electron chi connectivity index (χ3n) is 6.31. The van der Waals surface area contributed by atoms with E-state index in [4.69, 9.17) is 23.7 Å². The Morgan fingerprint density at radius 2 is 1.75 bits per heavy atom. The Hall–Kier alpha value is -4.27. The van der Waals surface area contributed by atoms with Crippen molar-refractivity contribution >= 4 is 17.8 Å². The molecule has 3 aromatic rings. The van der Waals surface area contributed by atoms with Gasteiger partial charge in [-0.25, -0.2) is 0 Å². The first-order valence-electron chi connectivity index (χ1n) is 11.5. The smallest absolute Gasteiger partial charge is 0.312 e. The Kier molecular flexibility index (Phi) is 5.91. The van der Waals surface area contributed by atoms with E-state index in [-0.39, 0.29) is 35.9 Å². The van der Waals surface area contributed by atoms with Crippen LogP contribution in [0, 0.1) is 0 Å². The van der Waals surface area contributed by atoms with Crippen molar-refractivity contribution in [2.24, 2.45) is 0 Å². The number of esters is 1. The number of carbonyl (C=O) groups excluding carboxylic acids is 2. The molecule has 36 heavy (non-hydrogen) atoms. The first-order chi connectivity index (χ1) is 17.4. The summed E-state index contributed by atoms with van der Waals surface area (Å²) in [6.07, 6.45) is 3.45. The van der Waals surface area contributed by atoms with E-state index in [1.54, 1.807) is 36.5 Å². The lowest BCUT2D eigenvalue weighted by atomic mass is 9.87. The number of methoxy groups -OCH3 is 3. The number of ketones is 1. The number of allylic oxidation sites excluding steroid dienone is 1. The van der Waals surface area contributed by atoms with Crippen molar-refractivity contribution < 1.29 is 33.3 Å². The minimum atomic E-state index is -0.366. The molecule has 0 spiro atoms. The number of aromatic nitrogens is 2. The van der Waals surface area contributed by atoms with Crippen molar-refractivity contribution in [3.63, 3.8) is 0 Å². The fraction of sp³-hybridized carbons (Fsp3) is 0.296. The number of Topliss-reactive ketones (excluding diaryl/α,β-unsaturated/α-hetero) is 1. The number of benzene rings is 2. The van der Waals surface area contributed by atoms with E-state index in [1.165, 1.54) is 21.3 Å². The summed E-state index contributed by atoms with van der Waals surface area (Å²) in [4.78, 5) is 25.8. The SMILES string of the molecule is COc1cc(/C=C2/Oc3c(ccc4c3C(c3ccnn3C(C)C)CC(=O)O4)C2=O)cc(OC)c1OC. The molecule has 0 amide bonds. The summed E-state index contributed by atoms with van der Waals surface area (Å²) in [6, 6.07) is 8.71. The van der Waals surface area contributed by atoms with Crippen LogP contribution < -0.4 is 23.7 Å². The fourth-order valence-corrected chi connectivity index (χ4v) is 4.73. The topological polar surface area (TPSA) is 98.1 Å². The molecule has 0 radical (unpaired) electrons. The van der Waals surface area contributed by atoms with Gasteiger partial charge in [-0.05, 0) is 55.8 Å². The van der Waals surface area contributed by atoms with Crippen molar-refractivity contribution in [3.8, 4) is 28.7 Å². The molecule has 1 unspecified atom stereocenters. The van der Waals surface area contributed by atoms with Crippen LogP contribution >= 0.6 is 0 Å². The second-order valence-electron chi connectivity index (χ2n) is 8.78. The molecular formula is C27H26N2O7. The van der Waals surface area contributed by atoms with Crippen molar-refractivity contribution in [1.29, 1.82) is 0 Å². The van der Waals surface area contributed by atoms with E-state index in [9.17, 15) is 9.59 Å². The van der Waals surface area contributed by atoms with Gasteiger partial charge in [0, 0.05) is 29.4 Å². The van der Waals surface area contributed by atoms with Crippen LogP contribution in [0.5, 0.6) is 28.7 Å². The average Bonchev–Trinajstić information content (AvgIpc) is 3.48. The van der Waals surface area contributed by atoms with Crippen LogP contribution in [0.1, 0.15) is 59.4 Å². The van der Waals surface area contributed by atoms with Crippen molar-refractivity contribution in [2.75, 3.05) is 21.3 Å². The van der Waals surface area contributed by atoms with Crippen LogP contribution in [0.3, 0.4) is 0 Å². The van der Waals surface area contributed by atoms with Gasteiger partial charge in [0.25, 0.3) is 0 Å². The van der Waals surface area contributed by atoms with Crippen LogP contribution in [0.15, 0.2) is 42.3 Å². The molecule has 0 saturated heterocycles. The summed E-state index contributed by atoms with van der Waals surface area (Å²) in [5.41, 5.74) is 2.56. The summed E-state index contributed by atoms with van der Waals surface area (Å²) in [7, 11) is 4.57. The van der Waals surface area contributed by atoms with E-state index < -0.39 is 0 Å². The molecule has 3 heterocycles. The van der Waals surface area contributed by atoms with E-state index in [1.807, 2.05) is 24.6 Å². The van der Waals surface area contributed by atoms with Crippen LogP contribution in [-0.4, -0.2) is 42.9 Å². The Bertz CT molecular complexity index is 1380. The number of ether oxygens (including phenoxy) is 5. The van der Waals surface area contributed by atoms with E-state index in [2.05, 4.69) is 5.10 Å². The molecule has 2 aromatic carbocycles. The maximum atomic E-state index is 13.3. The van der Waals surface area contributed by atoms with Crippen molar-refractivity contribution in [3.05, 3.63) is 64.7 Å². The summed E-state index contributed by atoms with van der Waals surface area (Å²) in [6.45, 7) is 4.04. The third-order valence-corrected chi connectivity index (χ3v) is 6.31. The second kappa shape index (κ2) is 9.07. The monoisotopic (exact) mass is 490 g/mol. The van der Waals surface area contributed by atoms with Gasteiger partial charge in [-0.15, -0.1) is 0 Å². The summed E-state index contributed by atoms with van der Waals surface area (Å²) in [5, 5.41) is 4.43. The molecular weight excluding hydrogens is 464 g/mol. The Balaban J connectivity index is 1.60. The normalized spacial score (nSPS) is 17.5. The Labute approximate surface area is 208 Å². The van der Waals surface area contributed by atoms with E-state index >= 15 is 0 Å². The molecule has 5 rings (SSSR count). The molecule has 0 saturated carbocycles. The number of hydrogen-bond donors (Lipinski definition) is 0. The molecule has 2 aliphatic heterocycles. The highest BCUT2D eigenvalue weighted by molar-refractivity contribution is 6.15. The average molecular weight is 491 g/mol.